The van der Waals surface area contributed by atoms with E-state index in [1.165, 1.54) is 6.08 Å². The van der Waals surface area contributed by atoms with E-state index in [4.69, 9.17) is 9.47 Å². The van der Waals surface area contributed by atoms with Crippen LogP contribution in [-0.2, 0) is 4.79 Å². The Morgan fingerprint density at radius 1 is 0.844 bits per heavy atom. The van der Waals surface area contributed by atoms with Gasteiger partial charge in [-0.15, -0.1) is 0 Å². The fraction of sp³-hybridized carbons (Fsp3) is 0.0800. The molecule has 0 atom stereocenters. The Morgan fingerprint density at radius 3 is 2.06 bits per heavy atom. The number of rotatable bonds is 7. The molecule has 0 saturated heterocycles. The number of hydrogen-bond donors (Lipinski definition) is 2. The van der Waals surface area contributed by atoms with Crippen LogP contribution in [0.4, 0.5) is 11.4 Å². The van der Waals surface area contributed by atoms with Crippen LogP contribution in [0.1, 0.15) is 15.9 Å². The van der Waals surface area contributed by atoms with Crippen LogP contribution in [-0.4, -0.2) is 26.0 Å². The molecule has 7 nitrogen and oxygen atoms in total. The number of hydrogen-bond acceptors (Lipinski definition) is 5. The Bertz CT molecular complexity index is 1180. The zero-order valence-electron chi connectivity index (χ0n) is 17.6. The molecule has 32 heavy (non-hydrogen) atoms. The summed E-state index contributed by atoms with van der Waals surface area (Å²) in [5.41, 5.74) is 2.08. The lowest BCUT2D eigenvalue weighted by molar-refractivity contribution is -0.112. The molecule has 0 heterocycles. The fourth-order valence-corrected chi connectivity index (χ4v) is 2.84. The van der Waals surface area contributed by atoms with Crippen molar-refractivity contribution in [1.82, 2.24) is 0 Å². The van der Waals surface area contributed by atoms with Gasteiger partial charge in [-0.05, 0) is 72.3 Å². The van der Waals surface area contributed by atoms with Gasteiger partial charge >= 0.3 is 0 Å². The standard InChI is InChI=1S/C25H21N3O4/c1-31-22-10-6-18(7-11-22)24(29)28-21-5-3-4-17(15-21)14-19(16-26)25(30)27-20-8-12-23(32-2)13-9-20/h3-15H,1-2H3,(H,27,30)(H,28,29)/b19-14+. The van der Waals surface area contributed by atoms with Gasteiger partial charge < -0.3 is 20.1 Å². The van der Waals surface area contributed by atoms with Crippen LogP contribution in [0.2, 0.25) is 0 Å². The predicted octanol–water partition coefficient (Wildman–Crippen LogP) is 4.50. The second-order valence-electron chi connectivity index (χ2n) is 6.66. The molecule has 3 rings (SSSR count). The van der Waals surface area contributed by atoms with Crippen LogP contribution in [0, 0.1) is 11.3 Å². The monoisotopic (exact) mass is 427 g/mol. The summed E-state index contributed by atoms with van der Waals surface area (Å²) in [4.78, 5) is 25.0. The molecule has 0 unspecified atom stereocenters. The first-order valence-corrected chi connectivity index (χ1v) is 9.65. The minimum atomic E-state index is -0.537. The lowest BCUT2D eigenvalue weighted by Gasteiger charge is -2.08. The van der Waals surface area contributed by atoms with E-state index in [2.05, 4.69) is 10.6 Å². The van der Waals surface area contributed by atoms with Gasteiger partial charge in [0.15, 0.2) is 0 Å². The molecule has 7 heteroatoms. The largest absolute Gasteiger partial charge is 0.497 e. The maximum atomic E-state index is 12.5. The number of benzene rings is 3. The van der Waals surface area contributed by atoms with Crippen molar-refractivity contribution in [2.24, 2.45) is 0 Å². The highest BCUT2D eigenvalue weighted by atomic mass is 16.5. The molecule has 160 valence electrons. The van der Waals surface area contributed by atoms with Crippen LogP contribution in [0.15, 0.2) is 78.4 Å². The van der Waals surface area contributed by atoms with Crippen LogP contribution >= 0.6 is 0 Å². The van der Waals surface area contributed by atoms with Gasteiger partial charge in [0.05, 0.1) is 14.2 Å². The summed E-state index contributed by atoms with van der Waals surface area (Å²) in [6, 6.07) is 22.3. The lowest BCUT2D eigenvalue weighted by Crippen LogP contribution is -2.13. The highest BCUT2D eigenvalue weighted by Crippen LogP contribution is 2.19. The SMILES string of the molecule is COc1ccc(NC(=O)/C(C#N)=C/c2cccc(NC(=O)c3ccc(OC)cc3)c2)cc1. The summed E-state index contributed by atoms with van der Waals surface area (Å²) in [7, 11) is 3.11. The van der Waals surface area contributed by atoms with Crippen molar-refractivity contribution in [1.29, 1.82) is 5.26 Å². The number of ether oxygens (including phenoxy) is 2. The third-order valence-corrected chi connectivity index (χ3v) is 4.52. The maximum absolute atomic E-state index is 12.5. The van der Waals surface area contributed by atoms with Crippen LogP contribution < -0.4 is 20.1 Å². The normalized spacial score (nSPS) is 10.6. The highest BCUT2D eigenvalue weighted by molar-refractivity contribution is 6.10. The molecule has 2 amide bonds. The Balaban J connectivity index is 1.72. The summed E-state index contributed by atoms with van der Waals surface area (Å²) in [6.07, 6.45) is 1.46. The zero-order valence-corrected chi connectivity index (χ0v) is 17.6. The summed E-state index contributed by atoms with van der Waals surface area (Å²) in [5, 5.41) is 14.9. The van der Waals surface area contributed by atoms with E-state index >= 15 is 0 Å². The third-order valence-electron chi connectivity index (χ3n) is 4.52. The summed E-state index contributed by atoms with van der Waals surface area (Å²) in [6.45, 7) is 0. The second-order valence-corrected chi connectivity index (χ2v) is 6.66. The summed E-state index contributed by atoms with van der Waals surface area (Å²) < 4.78 is 10.2. The second kappa shape index (κ2) is 10.5. The van der Waals surface area contributed by atoms with Gasteiger partial charge in [0.2, 0.25) is 0 Å². The van der Waals surface area contributed by atoms with Crippen molar-refractivity contribution in [2.45, 2.75) is 0 Å². The molecule has 0 bridgehead atoms. The zero-order chi connectivity index (χ0) is 22.9. The number of carbonyl (C=O) groups is 2. The van der Waals surface area contributed by atoms with Crippen molar-refractivity contribution < 1.29 is 19.1 Å². The summed E-state index contributed by atoms with van der Waals surface area (Å²) in [5.74, 6) is 0.495. The van der Waals surface area contributed by atoms with Crippen LogP contribution in [0.25, 0.3) is 6.08 Å². The maximum Gasteiger partial charge on any atom is 0.266 e. The Morgan fingerprint density at radius 2 is 1.47 bits per heavy atom. The molecule has 3 aromatic carbocycles. The number of nitriles is 1. The molecular weight excluding hydrogens is 406 g/mol. The predicted molar refractivity (Wildman–Crippen MR) is 123 cm³/mol. The summed E-state index contributed by atoms with van der Waals surface area (Å²) >= 11 is 0. The minimum Gasteiger partial charge on any atom is -0.497 e. The van der Waals surface area contributed by atoms with Crippen molar-refractivity contribution >= 4 is 29.3 Å². The number of nitrogens with one attached hydrogen (secondary N) is 2. The Kier molecular flexibility index (Phi) is 7.23. The smallest absolute Gasteiger partial charge is 0.266 e. The Labute approximate surface area is 185 Å². The van der Waals surface area contributed by atoms with Gasteiger partial charge in [-0.1, -0.05) is 12.1 Å². The van der Waals surface area contributed by atoms with E-state index in [1.807, 2.05) is 6.07 Å². The van der Waals surface area contributed by atoms with Gasteiger partial charge in [0.25, 0.3) is 11.8 Å². The van der Waals surface area contributed by atoms with Crippen molar-refractivity contribution in [3.8, 4) is 17.6 Å². The molecule has 0 aliphatic carbocycles. The van der Waals surface area contributed by atoms with E-state index in [0.29, 0.717) is 34.0 Å². The molecule has 0 aromatic heterocycles. The molecule has 2 N–H and O–H groups in total. The van der Waals surface area contributed by atoms with Gasteiger partial charge in [-0.25, -0.2) is 0 Å². The van der Waals surface area contributed by atoms with E-state index in [1.54, 1.807) is 87.0 Å². The first-order valence-electron chi connectivity index (χ1n) is 9.65. The number of nitrogens with zero attached hydrogens (tertiary/aromatic N) is 1. The molecule has 3 aromatic rings. The third kappa shape index (κ3) is 5.74. The average Bonchev–Trinajstić information content (AvgIpc) is 2.83. The van der Waals surface area contributed by atoms with Gasteiger partial charge in [-0.3, -0.25) is 9.59 Å². The van der Waals surface area contributed by atoms with Crippen molar-refractivity contribution in [2.75, 3.05) is 24.9 Å². The van der Waals surface area contributed by atoms with Crippen LogP contribution in [0.3, 0.4) is 0 Å². The minimum absolute atomic E-state index is 0.0700. The average molecular weight is 427 g/mol. The number of carbonyl (C=O) groups excluding carboxylic acids is 2. The molecule has 0 spiro atoms. The number of amides is 2. The van der Waals surface area contributed by atoms with E-state index < -0.39 is 5.91 Å². The van der Waals surface area contributed by atoms with E-state index in [0.717, 1.165) is 0 Å². The van der Waals surface area contributed by atoms with Crippen molar-refractivity contribution in [3.63, 3.8) is 0 Å². The topological polar surface area (TPSA) is 100 Å². The van der Waals surface area contributed by atoms with Gasteiger partial charge in [0.1, 0.15) is 23.1 Å². The number of anilines is 2. The van der Waals surface area contributed by atoms with Gasteiger partial charge in [0, 0.05) is 16.9 Å². The number of methoxy groups -OCH3 is 2. The molecule has 0 aliphatic heterocycles. The molecular formula is C25H21N3O4. The molecule has 0 radical (unpaired) electrons. The molecule has 0 fully saturated rings. The first kappa shape index (κ1) is 22.1. The lowest BCUT2D eigenvalue weighted by atomic mass is 10.1. The quantitative estimate of drug-likeness (QED) is 0.427. The van der Waals surface area contributed by atoms with Crippen molar-refractivity contribution in [3.05, 3.63) is 89.5 Å². The highest BCUT2D eigenvalue weighted by Gasteiger charge is 2.11. The molecule has 0 aliphatic rings. The van der Waals surface area contributed by atoms with Crippen LogP contribution in [0.5, 0.6) is 11.5 Å². The fourth-order valence-electron chi connectivity index (χ4n) is 2.84. The van der Waals surface area contributed by atoms with E-state index in [9.17, 15) is 14.9 Å². The first-order chi connectivity index (χ1) is 15.5. The Hall–Kier alpha value is -4.57. The molecule has 0 saturated carbocycles. The van der Waals surface area contributed by atoms with Gasteiger partial charge in [-0.2, -0.15) is 5.26 Å². The van der Waals surface area contributed by atoms with E-state index in [-0.39, 0.29) is 11.5 Å².